The van der Waals surface area contributed by atoms with Gasteiger partial charge in [-0.15, -0.1) is 0 Å². The molecule has 88 valence electrons. The third kappa shape index (κ3) is 4.81. The van der Waals surface area contributed by atoms with Crippen molar-refractivity contribution in [2.24, 2.45) is 11.8 Å². The van der Waals surface area contributed by atoms with Crippen LogP contribution in [0.15, 0.2) is 0 Å². The Labute approximate surface area is 91.1 Å². The highest BCUT2D eigenvalue weighted by Crippen LogP contribution is 2.08. The summed E-state index contributed by atoms with van der Waals surface area (Å²) in [5.74, 6) is -1.35. The van der Waals surface area contributed by atoms with Crippen LogP contribution in [-0.2, 0) is 9.59 Å². The minimum absolute atomic E-state index is 0.0970. The molecule has 0 aliphatic rings. The van der Waals surface area contributed by atoms with Crippen LogP contribution in [-0.4, -0.2) is 23.0 Å². The van der Waals surface area contributed by atoms with E-state index in [1.54, 1.807) is 13.8 Å². The first-order valence-corrected chi connectivity index (χ1v) is 5.43. The molecule has 0 aromatic carbocycles. The van der Waals surface area contributed by atoms with Crippen LogP contribution in [0.3, 0.4) is 0 Å². The summed E-state index contributed by atoms with van der Waals surface area (Å²) in [7, 11) is 0. The average Bonchev–Trinajstić information content (AvgIpc) is 2.12. The van der Waals surface area contributed by atoms with Crippen molar-refractivity contribution in [1.29, 1.82) is 0 Å². The van der Waals surface area contributed by atoms with E-state index in [4.69, 9.17) is 5.11 Å². The van der Waals surface area contributed by atoms with Crippen molar-refractivity contribution in [3.05, 3.63) is 0 Å². The molecule has 4 heteroatoms. The second-order valence-corrected chi connectivity index (χ2v) is 4.26. The van der Waals surface area contributed by atoms with Gasteiger partial charge in [0.05, 0.1) is 0 Å². The van der Waals surface area contributed by atoms with Crippen molar-refractivity contribution >= 4 is 11.9 Å². The lowest BCUT2D eigenvalue weighted by Gasteiger charge is -2.20. The molecule has 0 aromatic heterocycles. The highest BCUT2D eigenvalue weighted by molar-refractivity contribution is 5.84. The highest BCUT2D eigenvalue weighted by atomic mass is 16.4. The van der Waals surface area contributed by atoms with E-state index < -0.39 is 12.0 Å². The van der Waals surface area contributed by atoms with Gasteiger partial charge in [-0.25, -0.2) is 4.79 Å². The summed E-state index contributed by atoms with van der Waals surface area (Å²) in [6.45, 7) is 7.38. The molecule has 15 heavy (non-hydrogen) atoms. The second-order valence-electron chi connectivity index (χ2n) is 4.26. The monoisotopic (exact) mass is 215 g/mol. The maximum atomic E-state index is 11.6. The normalized spacial score (nSPS) is 14.7. The topological polar surface area (TPSA) is 66.4 Å². The molecular weight excluding hydrogens is 194 g/mol. The molecule has 2 atom stereocenters. The van der Waals surface area contributed by atoms with Gasteiger partial charge >= 0.3 is 5.97 Å². The summed E-state index contributed by atoms with van der Waals surface area (Å²) in [5.41, 5.74) is 0. The molecule has 0 fully saturated rings. The lowest BCUT2D eigenvalue weighted by Crippen LogP contribution is -2.46. The average molecular weight is 215 g/mol. The Hall–Kier alpha value is -1.06. The molecule has 0 saturated carbocycles. The summed E-state index contributed by atoms with van der Waals surface area (Å²) in [4.78, 5) is 22.4. The van der Waals surface area contributed by atoms with E-state index in [9.17, 15) is 9.59 Å². The number of hydrogen-bond acceptors (Lipinski definition) is 2. The predicted octanol–water partition coefficient (Wildman–Crippen LogP) is 1.65. The smallest absolute Gasteiger partial charge is 0.326 e. The SMILES string of the molecule is CCC[C@@H](C)C(=O)N[C@@H](C(=O)O)C(C)C. The molecule has 0 radical (unpaired) electrons. The molecule has 0 unspecified atom stereocenters. The van der Waals surface area contributed by atoms with Crippen LogP contribution in [0, 0.1) is 11.8 Å². The summed E-state index contributed by atoms with van der Waals surface area (Å²) < 4.78 is 0. The van der Waals surface area contributed by atoms with E-state index in [-0.39, 0.29) is 17.7 Å². The number of aliphatic carboxylic acids is 1. The number of nitrogens with one attached hydrogen (secondary N) is 1. The molecule has 0 aliphatic heterocycles. The van der Waals surface area contributed by atoms with Crippen LogP contribution < -0.4 is 5.32 Å². The van der Waals surface area contributed by atoms with Gasteiger partial charge in [0.2, 0.25) is 5.91 Å². The Bertz CT molecular complexity index is 226. The molecule has 0 heterocycles. The minimum atomic E-state index is -0.970. The van der Waals surface area contributed by atoms with Crippen molar-refractivity contribution in [1.82, 2.24) is 5.32 Å². The van der Waals surface area contributed by atoms with Crippen LogP contribution in [0.5, 0.6) is 0 Å². The number of rotatable bonds is 6. The van der Waals surface area contributed by atoms with E-state index in [2.05, 4.69) is 5.32 Å². The Morgan fingerprint density at radius 3 is 2.13 bits per heavy atom. The van der Waals surface area contributed by atoms with Gasteiger partial charge in [0, 0.05) is 5.92 Å². The molecule has 4 nitrogen and oxygen atoms in total. The molecule has 0 spiro atoms. The van der Waals surface area contributed by atoms with Crippen molar-refractivity contribution < 1.29 is 14.7 Å². The molecular formula is C11H21NO3. The van der Waals surface area contributed by atoms with Gasteiger partial charge in [-0.05, 0) is 12.3 Å². The standard InChI is InChI=1S/C11H21NO3/c1-5-6-8(4)10(13)12-9(7(2)3)11(14)15/h7-9H,5-6H2,1-4H3,(H,12,13)(H,14,15)/t8-,9-/m1/s1. The van der Waals surface area contributed by atoms with Crippen molar-refractivity contribution in [2.75, 3.05) is 0 Å². The Morgan fingerprint density at radius 2 is 1.80 bits per heavy atom. The molecule has 0 bridgehead atoms. The van der Waals surface area contributed by atoms with Gasteiger partial charge in [0.25, 0.3) is 0 Å². The van der Waals surface area contributed by atoms with Crippen LogP contribution in [0.4, 0.5) is 0 Å². The second kappa shape index (κ2) is 6.43. The van der Waals surface area contributed by atoms with Gasteiger partial charge in [0.15, 0.2) is 0 Å². The Balaban J connectivity index is 4.29. The van der Waals surface area contributed by atoms with Crippen LogP contribution in [0.2, 0.25) is 0 Å². The Morgan fingerprint density at radius 1 is 1.27 bits per heavy atom. The third-order valence-electron chi connectivity index (χ3n) is 2.40. The van der Waals surface area contributed by atoms with E-state index in [1.807, 2.05) is 13.8 Å². The lowest BCUT2D eigenvalue weighted by molar-refractivity contribution is -0.143. The summed E-state index contributed by atoms with van der Waals surface area (Å²) in [6.07, 6.45) is 1.71. The number of carbonyl (C=O) groups excluding carboxylic acids is 1. The van der Waals surface area contributed by atoms with Crippen LogP contribution in [0.1, 0.15) is 40.5 Å². The fraction of sp³-hybridized carbons (Fsp3) is 0.818. The van der Waals surface area contributed by atoms with Crippen LogP contribution in [0.25, 0.3) is 0 Å². The fourth-order valence-corrected chi connectivity index (χ4v) is 1.37. The Kier molecular flexibility index (Phi) is 5.97. The number of carbonyl (C=O) groups is 2. The van der Waals surface area contributed by atoms with Gasteiger partial charge in [-0.1, -0.05) is 34.1 Å². The fourth-order valence-electron chi connectivity index (χ4n) is 1.37. The van der Waals surface area contributed by atoms with Crippen LogP contribution >= 0.6 is 0 Å². The van der Waals surface area contributed by atoms with E-state index in [1.165, 1.54) is 0 Å². The maximum Gasteiger partial charge on any atom is 0.326 e. The van der Waals surface area contributed by atoms with E-state index in [0.717, 1.165) is 12.8 Å². The summed E-state index contributed by atoms with van der Waals surface area (Å²) >= 11 is 0. The first kappa shape index (κ1) is 13.9. The van der Waals surface area contributed by atoms with E-state index in [0.29, 0.717) is 0 Å². The zero-order chi connectivity index (χ0) is 12.0. The minimum Gasteiger partial charge on any atom is -0.480 e. The maximum absolute atomic E-state index is 11.6. The molecule has 2 N–H and O–H groups in total. The zero-order valence-electron chi connectivity index (χ0n) is 9.91. The van der Waals surface area contributed by atoms with E-state index >= 15 is 0 Å². The summed E-state index contributed by atoms with van der Waals surface area (Å²) in [6, 6.07) is -0.781. The lowest BCUT2D eigenvalue weighted by atomic mass is 10.0. The van der Waals surface area contributed by atoms with Crippen molar-refractivity contribution in [3.63, 3.8) is 0 Å². The third-order valence-corrected chi connectivity index (χ3v) is 2.40. The predicted molar refractivity (Wildman–Crippen MR) is 58.5 cm³/mol. The first-order chi connectivity index (χ1) is 6.90. The number of hydrogen-bond donors (Lipinski definition) is 2. The quantitative estimate of drug-likeness (QED) is 0.708. The number of carboxylic acid groups (broad SMARTS) is 1. The number of carboxylic acids is 1. The van der Waals surface area contributed by atoms with Crippen molar-refractivity contribution in [2.45, 2.75) is 46.6 Å². The molecule has 0 rings (SSSR count). The van der Waals surface area contributed by atoms with Crippen molar-refractivity contribution in [3.8, 4) is 0 Å². The zero-order valence-corrected chi connectivity index (χ0v) is 9.91. The largest absolute Gasteiger partial charge is 0.480 e. The summed E-state index contributed by atoms with van der Waals surface area (Å²) in [5, 5.41) is 11.5. The van der Waals surface area contributed by atoms with Gasteiger partial charge in [0.1, 0.15) is 6.04 Å². The molecule has 0 aromatic rings. The van der Waals surface area contributed by atoms with Gasteiger partial charge in [-0.2, -0.15) is 0 Å². The van der Waals surface area contributed by atoms with Gasteiger partial charge < -0.3 is 10.4 Å². The molecule has 0 aliphatic carbocycles. The highest BCUT2D eigenvalue weighted by Gasteiger charge is 2.25. The number of amides is 1. The van der Waals surface area contributed by atoms with Gasteiger partial charge in [-0.3, -0.25) is 4.79 Å². The molecule has 1 amide bonds. The first-order valence-electron chi connectivity index (χ1n) is 5.43. The molecule has 0 saturated heterocycles.